The van der Waals surface area contributed by atoms with E-state index in [0.717, 1.165) is 10.6 Å². The highest BCUT2D eigenvalue weighted by atomic mass is 32.2. The van der Waals surface area contributed by atoms with Crippen molar-refractivity contribution in [1.82, 2.24) is 4.98 Å². The van der Waals surface area contributed by atoms with Gasteiger partial charge in [0, 0.05) is 11.9 Å². The molecule has 0 spiro atoms. The Balaban J connectivity index is 2.05. The number of hydrogen-bond donors (Lipinski definition) is 1. The van der Waals surface area contributed by atoms with Crippen molar-refractivity contribution in [3.8, 4) is 0 Å². The number of aromatic nitrogens is 1. The summed E-state index contributed by atoms with van der Waals surface area (Å²) >= 11 is 1.51. The SMILES string of the molecule is Nc1cccnc1SCc1cccc(F)c1. The molecule has 1 heterocycles. The molecule has 0 fully saturated rings. The fourth-order valence-electron chi connectivity index (χ4n) is 1.30. The van der Waals surface area contributed by atoms with E-state index in [2.05, 4.69) is 4.98 Å². The average Bonchev–Trinajstić information content (AvgIpc) is 2.28. The first-order valence-corrected chi connectivity index (χ1v) is 5.82. The average molecular weight is 234 g/mol. The molecule has 1 aromatic heterocycles. The molecule has 0 atom stereocenters. The van der Waals surface area contributed by atoms with Crippen molar-refractivity contribution in [1.29, 1.82) is 0 Å². The van der Waals surface area contributed by atoms with Crippen LogP contribution in [0.1, 0.15) is 5.56 Å². The highest BCUT2D eigenvalue weighted by molar-refractivity contribution is 7.98. The maximum Gasteiger partial charge on any atom is 0.123 e. The molecule has 0 aliphatic rings. The molecule has 0 radical (unpaired) electrons. The van der Waals surface area contributed by atoms with Gasteiger partial charge in [0.25, 0.3) is 0 Å². The Morgan fingerprint density at radius 2 is 2.12 bits per heavy atom. The molecule has 0 saturated heterocycles. The third-order valence-electron chi connectivity index (χ3n) is 2.07. The molecule has 0 aliphatic carbocycles. The Morgan fingerprint density at radius 3 is 2.88 bits per heavy atom. The number of rotatable bonds is 3. The van der Waals surface area contributed by atoms with Gasteiger partial charge in [-0.25, -0.2) is 9.37 Å². The predicted octanol–water partition coefficient (Wildman–Crippen LogP) is 3.10. The van der Waals surface area contributed by atoms with Crippen LogP contribution < -0.4 is 5.73 Å². The lowest BCUT2D eigenvalue weighted by Crippen LogP contribution is -1.91. The van der Waals surface area contributed by atoms with Crippen LogP contribution in [0.15, 0.2) is 47.6 Å². The van der Waals surface area contributed by atoms with Gasteiger partial charge in [-0.2, -0.15) is 0 Å². The molecule has 16 heavy (non-hydrogen) atoms. The first-order valence-electron chi connectivity index (χ1n) is 4.83. The van der Waals surface area contributed by atoms with Gasteiger partial charge >= 0.3 is 0 Å². The monoisotopic (exact) mass is 234 g/mol. The molecule has 0 saturated carbocycles. The van der Waals surface area contributed by atoms with Crippen molar-refractivity contribution in [2.24, 2.45) is 0 Å². The van der Waals surface area contributed by atoms with Gasteiger partial charge in [-0.1, -0.05) is 23.9 Å². The maximum absolute atomic E-state index is 12.9. The Hall–Kier alpha value is -1.55. The Kier molecular flexibility index (Phi) is 3.41. The van der Waals surface area contributed by atoms with Crippen molar-refractivity contribution in [2.45, 2.75) is 10.8 Å². The summed E-state index contributed by atoms with van der Waals surface area (Å²) in [6, 6.07) is 10.1. The molecule has 2 N–H and O–H groups in total. The zero-order chi connectivity index (χ0) is 11.4. The van der Waals surface area contributed by atoms with E-state index in [1.165, 1.54) is 23.9 Å². The van der Waals surface area contributed by atoms with Crippen molar-refractivity contribution < 1.29 is 4.39 Å². The summed E-state index contributed by atoms with van der Waals surface area (Å²) < 4.78 is 12.9. The van der Waals surface area contributed by atoms with Gasteiger partial charge in [0.2, 0.25) is 0 Å². The molecule has 0 unspecified atom stereocenters. The van der Waals surface area contributed by atoms with E-state index in [9.17, 15) is 4.39 Å². The minimum absolute atomic E-state index is 0.216. The van der Waals surface area contributed by atoms with Crippen LogP contribution in [0, 0.1) is 5.82 Å². The standard InChI is InChI=1S/C12H11FN2S/c13-10-4-1-3-9(7-10)8-16-12-11(14)5-2-6-15-12/h1-7H,8,14H2. The van der Waals surface area contributed by atoms with E-state index in [-0.39, 0.29) is 5.82 Å². The van der Waals surface area contributed by atoms with Crippen LogP contribution >= 0.6 is 11.8 Å². The summed E-state index contributed by atoms with van der Waals surface area (Å²) in [5, 5.41) is 0.784. The lowest BCUT2D eigenvalue weighted by molar-refractivity contribution is 0.626. The zero-order valence-corrected chi connectivity index (χ0v) is 9.38. The molecule has 0 aliphatic heterocycles. The molecular formula is C12H11FN2S. The minimum Gasteiger partial charge on any atom is -0.397 e. The van der Waals surface area contributed by atoms with Gasteiger partial charge in [0.15, 0.2) is 0 Å². The number of nitrogen functional groups attached to an aromatic ring is 1. The van der Waals surface area contributed by atoms with Crippen LogP contribution in [0.3, 0.4) is 0 Å². The van der Waals surface area contributed by atoms with Crippen LogP contribution in [-0.4, -0.2) is 4.98 Å². The smallest absolute Gasteiger partial charge is 0.123 e. The van der Waals surface area contributed by atoms with Gasteiger partial charge in [-0.15, -0.1) is 0 Å². The lowest BCUT2D eigenvalue weighted by atomic mass is 10.2. The molecule has 1 aromatic carbocycles. The quantitative estimate of drug-likeness (QED) is 0.829. The number of halogens is 1. The molecule has 2 nitrogen and oxygen atoms in total. The van der Waals surface area contributed by atoms with Crippen molar-refractivity contribution in [2.75, 3.05) is 5.73 Å². The Morgan fingerprint density at radius 1 is 1.25 bits per heavy atom. The topological polar surface area (TPSA) is 38.9 Å². The number of hydrogen-bond acceptors (Lipinski definition) is 3. The van der Waals surface area contributed by atoms with Crippen LogP contribution in [0.5, 0.6) is 0 Å². The van der Waals surface area contributed by atoms with Crippen molar-refractivity contribution in [3.05, 3.63) is 54.0 Å². The largest absolute Gasteiger partial charge is 0.397 e. The van der Waals surface area contributed by atoms with Gasteiger partial charge < -0.3 is 5.73 Å². The molecule has 2 rings (SSSR count). The van der Waals surface area contributed by atoms with E-state index < -0.39 is 0 Å². The number of pyridine rings is 1. The Labute approximate surface area is 97.7 Å². The highest BCUT2D eigenvalue weighted by Gasteiger charge is 2.01. The minimum atomic E-state index is -0.216. The van der Waals surface area contributed by atoms with Crippen molar-refractivity contribution in [3.63, 3.8) is 0 Å². The van der Waals surface area contributed by atoms with Crippen LogP contribution in [-0.2, 0) is 5.75 Å². The second kappa shape index (κ2) is 4.99. The maximum atomic E-state index is 12.9. The van der Waals surface area contributed by atoms with Gasteiger partial charge in [0.1, 0.15) is 10.8 Å². The summed E-state index contributed by atoms with van der Waals surface area (Å²) in [6.07, 6.45) is 1.70. The second-order valence-corrected chi connectivity index (χ2v) is 4.28. The van der Waals surface area contributed by atoms with E-state index in [1.54, 1.807) is 24.4 Å². The first-order chi connectivity index (χ1) is 7.75. The predicted molar refractivity (Wildman–Crippen MR) is 64.6 cm³/mol. The van der Waals surface area contributed by atoms with Crippen LogP contribution in [0.2, 0.25) is 0 Å². The fourth-order valence-corrected chi connectivity index (χ4v) is 2.16. The second-order valence-electron chi connectivity index (χ2n) is 3.32. The summed E-state index contributed by atoms with van der Waals surface area (Å²) in [6.45, 7) is 0. The number of thioether (sulfide) groups is 1. The lowest BCUT2D eigenvalue weighted by Gasteiger charge is -2.03. The van der Waals surface area contributed by atoms with E-state index in [1.807, 2.05) is 6.07 Å². The van der Waals surface area contributed by atoms with Crippen molar-refractivity contribution >= 4 is 17.4 Å². The number of nitrogens with two attached hydrogens (primary N) is 1. The summed E-state index contributed by atoms with van der Waals surface area (Å²) in [4.78, 5) is 4.16. The summed E-state index contributed by atoms with van der Waals surface area (Å²) in [7, 11) is 0. The normalized spacial score (nSPS) is 10.3. The van der Waals surface area contributed by atoms with Crippen LogP contribution in [0.25, 0.3) is 0 Å². The Bertz CT molecular complexity index is 488. The molecule has 0 amide bonds. The summed E-state index contributed by atoms with van der Waals surface area (Å²) in [5.74, 6) is 0.450. The zero-order valence-electron chi connectivity index (χ0n) is 8.56. The molecule has 4 heteroatoms. The fraction of sp³-hybridized carbons (Fsp3) is 0.0833. The summed E-state index contributed by atoms with van der Waals surface area (Å²) in [5.41, 5.74) is 7.34. The third-order valence-corrected chi connectivity index (χ3v) is 3.16. The third kappa shape index (κ3) is 2.73. The molecular weight excluding hydrogens is 223 g/mol. The molecule has 82 valence electrons. The van der Waals surface area contributed by atoms with Gasteiger partial charge in [-0.05, 0) is 29.8 Å². The molecule has 0 bridgehead atoms. The van der Waals surface area contributed by atoms with Crippen LogP contribution in [0.4, 0.5) is 10.1 Å². The van der Waals surface area contributed by atoms with E-state index >= 15 is 0 Å². The van der Waals surface area contributed by atoms with E-state index in [4.69, 9.17) is 5.73 Å². The van der Waals surface area contributed by atoms with Gasteiger partial charge in [-0.3, -0.25) is 0 Å². The first kappa shape index (κ1) is 11.0. The van der Waals surface area contributed by atoms with E-state index in [0.29, 0.717) is 11.4 Å². The highest BCUT2D eigenvalue weighted by Crippen LogP contribution is 2.25. The number of nitrogens with zero attached hydrogens (tertiary/aromatic N) is 1. The number of benzene rings is 1. The molecule has 2 aromatic rings. The number of anilines is 1. The van der Waals surface area contributed by atoms with Gasteiger partial charge in [0.05, 0.1) is 5.69 Å².